The number of hydrogen-bond acceptors (Lipinski definition) is 3. The van der Waals surface area contributed by atoms with E-state index in [0.29, 0.717) is 4.73 Å². The summed E-state index contributed by atoms with van der Waals surface area (Å²) in [7, 11) is 0. The summed E-state index contributed by atoms with van der Waals surface area (Å²) in [4.78, 5) is 11.9. The first-order valence-electron chi connectivity index (χ1n) is 6.42. The van der Waals surface area contributed by atoms with E-state index in [4.69, 9.17) is 4.74 Å². The highest BCUT2D eigenvalue weighted by Crippen LogP contribution is 2.22. The highest BCUT2D eigenvalue weighted by atomic mass is 79.9. The van der Waals surface area contributed by atoms with Gasteiger partial charge in [-0.05, 0) is 24.6 Å². The van der Waals surface area contributed by atoms with Gasteiger partial charge in [-0.1, -0.05) is 34.1 Å². The first-order valence-corrected chi connectivity index (χ1v) is 7.22. The van der Waals surface area contributed by atoms with Gasteiger partial charge in [0.05, 0.1) is 12.1 Å². The summed E-state index contributed by atoms with van der Waals surface area (Å²) in [6.45, 7) is 1.68. The number of aromatic nitrogens is 1. The third kappa shape index (κ3) is 4.19. The van der Waals surface area contributed by atoms with E-state index in [1.807, 2.05) is 31.2 Å². The zero-order chi connectivity index (χ0) is 15.2. The number of nitrogens with zero attached hydrogens (tertiary/aromatic N) is 1. The van der Waals surface area contributed by atoms with Crippen LogP contribution in [0.2, 0.25) is 0 Å². The fourth-order valence-electron chi connectivity index (χ4n) is 1.85. The van der Waals surface area contributed by atoms with Crippen LogP contribution in [0.5, 0.6) is 5.88 Å². The summed E-state index contributed by atoms with van der Waals surface area (Å²) in [6.07, 6.45) is 1.32. The van der Waals surface area contributed by atoms with Crippen LogP contribution in [0, 0.1) is 5.21 Å². The summed E-state index contributed by atoms with van der Waals surface area (Å²) in [6, 6.07) is 12.3. The van der Waals surface area contributed by atoms with Crippen LogP contribution >= 0.6 is 15.9 Å². The van der Waals surface area contributed by atoms with Crippen molar-refractivity contribution >= 4 is 21.8 Å². The number of amides is 1. The van der Waals surface area contributed by atoms with Gasteiger partial charge < -0.3 is 15.3 Å². The van der Waals surface area contributed by atoms with E-state index in [1.54, 1.807) is 12.1 Å². The molecule has 0 aliphatic rings. The van der Waals surface area contributed by atoms with E-state index in [-0.39, 0.29) is 24.4 Å². The second-order valence-corrected chi connectivity index (χ2v) is 5.32. The highest BCUT2D eigenvalue weighted by Gasteiger charge is 2.14. The van der Waals surface area contributed by atoms with Gasteiger partial charge in [-0.25, -0.2) is 0 Å². The molecule has 0 aliphatic heterocycles. The van der Waals surface area contributed by atoms with Crippen LogP contribution in [0.3, 0.4) is 0 Å². The minimum atomic E-state index is -0.290. The molecule has 5 nitrogen and oxygen atoms in total. The van der Waals surface area contributed by atoms with Crippen LogP contribution in [-0.4, -0.2) is 12.5 Å². The predicted molar refractivity (Wildman–Crippen MR) is 81.6 cm³/mol. The Morgan fingerprint density at radius 3 is 2.76 bits per heavy atom. The molecule has 0 saturated carbocycles. The van der Waals surface area contributed by atoms with E-state index in [0.717, 1.165) is 10.0 Å². The number of nitrogens with one attached hydrogen (secondary N) is 1. The maximum Gasteiger partial charge on any atom is 0.379 e. The van der Waals surface area contributed by atoms with Gasteiger partial charge in [0.25, 0.3) is 5.91 Å². The number of ether oxygens (including phenoxy) is 1. The molecule has 6 heteroatoms. The van der Waals surface area contributed by atoms with E-state index in [9.17, 15) is 10.0 Å². The van der Waals surface area contributed by atoms with E-state index in [1.165, 1.54) is 12.3 Å². The van der Waals surface area contributed by atoms with Crippen molar-refractivity contribution in [1.29, 1.82) is 0 Å². The Bertz CT molecular complexity index is 634. The molecule has 1 amide bonds. The minimum Gasteiger partial charge on any atom is -0.616 e. The third-order valence-electron chi connectivity index (χ3n) is 2.89. The molecule has 110 valence electrons. The second kappa shape index (κ2) is 7.08. The molecule has 0 radical (unpaired) electrons. The summed E-state index contributed by atoms with van der Waals surface area (Å²) < 4.78 is 6.70. The van der Waals surface area contributed by atoms with E-state index in [2.05, 4.69) is 21.2 Å². The number of carbonyl (C=O) groups is 1. The van der Waals surface area contributed by atoms with Gasteiger partial charge in [-0.3, -0.25) is 4.79 Å². The minimum absolute atomic E-state index is 0.0983. The lowest BCUT2D eigenvalue weighted by atomic mass is 10.1. The van der Waals surface area contributed by atoms with Crippen molar-refractivity contribution in [2.45, 2.75) is 13.0 Å². The van der Waals surface area contributed by atoms with Crippen molar-refractivity contribution in [1.82, 2.24) is 5.32 Å². The molecule has 0 bridgehead atoms. The quantitative estimate of drug-likeness (QED) is 0.664. The lowest BCUT2D eigenvalue weighted by Crippen LogP contribution is -2.34. The molecule has 0 saturated heterocycles. The fourth-order valence-corrected chi connectivity index (χ4v) is 2.48. The molecule has 0 unspecified atom stereocenters. The molecule has 1 aromatic heterocycles. The maximum atomic E-state index is 11.9. The Hall–Kier alpha value is -2.08. The number of rotatable bonds is 5. The molecule has 2 aromatic rings. The summed E-state index contributed by atoms with van der Waals surface area (Å²) in [5.74, 6) is -0.191. The van der Waals surface area contributed by atoms with Crippen molar-refractivity contribution < 1.29 is 14.3 Å². The highest BCUT2D eigenvalue weighted by molar-refractivity contribution is 9.10. The molecule has 21 heavy (non-hydrogen) atoms. The summed E-state index contributed by atoms with van der Waals surface area (Å²) in [5.41, 5.74) is 0.976. The van der Waals surface area contributed by atoms with Crippen LogP contribution in [0.15, 0.2) is 53.1 Å². The zero-order valence-electron chi connectivity index (χ0n) is 11.5. The topological polar surface area (TPSA) is 65.3 Å². The average Bonchev–Trinajstić information content (AvgIpc) is 2.46. The number of hydrogen-bond donors (Lipinski definition) is 1. The van der Waals surface area contributed by atoms with Crippen molar-refractivity contribution in [2.75, 3.05) is 6.61 Å². The molecule has 1 heterocycles. The molecule has 1 aromatic carbocycles. The normalized spacial score (nSPS) is 11.7. The molecule has 1 atom stereocenters. The van der Waals surface area contributed by atoms with Gasteiger partial charge in [0, 0.05) is 10.5 Å². The van der Waals surface area contributed by atoms with Crippen LogP contribution in [-0.2, 0) is 4.79 Å². The first kappa shape index (κ1) is 15.3. The number of halogens is 1. The second-order valence-electron chi connectivity index (χ2n) is 4.46. The van der Waals surface area contributed by atoms with Gasteiger partial charge >= 0.3 is 5.88 Å². The summed E-state index contributed by atoms with van der Waals surface area (Å²) >= 11 is 3.44. The predicted octanol–water partition coefficient (Wildman–Crippen LogP) is 2.34. The lowest BCUT2D eigenvalue weighted by molar-refractivity contribution is -0.612. The molecular weight excluding hydrogens is 336 g/mol. The van der Waals surface area contributed by atoms with Crippen molar-refractivity contribution in [3.63, 3.8) is 0 Å². The average molecular weight is 351 g/mol. The van der Waals surface area contributed by atoms with Crippen LogP contribution in [0.4, 0.5) is 0 Å². The standard InChI is InChI=1S/C15H15BrN2O3/c1-11(12-6-2-3-7-13(12)16)17-14(19)10-21-15-8-4-5-9-18(15)20/h2-9,11H,10H2,1H3,(H,17,19)/t11-/m1/s1. The SMILES string of the molecule is C[C@@H](NC(=O)COc1cccc[n+]1[O-])c1ccccc1Br. The number of pyridine rings is 1. The molecule has 0 spiro atoms. The van der Waals surface area contributed by atoms with Crippen LogP contribution in [0.1, 0.15) is 18.5 Å². The third-order valence-corrected chi connectivity index (χ3v) is 3.61. The van der Waals surface area contributed by atoms with Crippen molar-refractivity contribution in [3.05, 3.63) is 63.9 Å². The van der Waals surface area contributed by atoms with Crippen molar-refractivity contribution in [2.24, 2.45) is 0 Å². The van der Waals surface area contributed by atoms with Gasteiger partial charge in [-0.15, -0.1) is 4.73 Å². The van der Waals surface area contributed by atoms with Gasteiger partial charge in [0.15, 0.2) is 12.8 Å². The largest absolute Gasteiger partial charge is 0.616 e. The molecule has 1 N–H and O–H groups in total. The van der Waals surface area contributed by atoms with Gasteiger partial charge in [0.2, 0.25) is 0 Å². The van der Waals surface area contributed by atoms with E-state index >= 15 is 0 Å². The van der Waals surface area contributed by atoms with E-state index < -0.39 is 0 Å². The Morgan fingerprint density at radius 2 is 2.05 bits per heavy atom. The number of carbonyl (C=O) groups excluding carboxylic acids is 1. The monoisotopic (exact) mass is 350 g/mol. The van der Waals surface area contributed by atoms with Gasteiger partial charge in [-0.2, -0.15) is 0 Å². The zero-order valence-corrected chi connectivity index (χ0v) is 13.0. The Kier molecular flexibility index (Phi) is 5.16. The fraction of sp³-hybridized carbons (Fsp3) is 0.200. The first-order chi connectivity index (χ1) is 10.1. The Balaban J connectivity index is 1.90. The summed E-state index contributed by atoms with van der Waals surface area (Å²) in [5, 5.41) is 14.2. The molecule has 0 aliphatic carbocycles. The van der Waals surface area contributed by atoms with Crippen LogP contribution in [0.25, 0.3) is 0 Å². The maximum absolute atomic E-state index is 11.9. The molecular formula is C15H15BrN2O3. The van der Waals surface area contributed by atoms with Gasteiger partial charge in [0.1, 0.15) is 0 Å². The Morgan fingerprint density at radius 1 is 1.33 bits per heavy atom. The Labute approximate surface area is 131 Å². The molecule has 2 rings (SSSR count). The van der Waals surface area contributed by atoms with Crippen molar-refractivity contribution in [3.8, 4) is 5.88 Å². The molecule has 0 fully saturated rings. The number of benzene rings is 1. The lowest BCUT2D eigenvalue weighted by Gasteiger charge is -2.15. The smallest absolute Gasteiger partial charge is 0.379 e. The van der Waals surface area contributed by atoms with Crippen LogP contribution < -0.4 is 14.8 Å².